The van der Waals surface area contributed by atoms with Gasteiger partial charge in [0.2, 0.25) is 5.91 Å². The normalized spacial score (nSPS) is 12.1. The molecule has 94 valence electrons. The van der Waals surface area contributed by atoms with Crippen molar-refractivity contribution in [2.75, 3.05) is 12.3 Å². The molecule has 0 aliphatic carbocycles. The van der Waals surface area contributed by atoms with E-state index >= 15 is 0 Å². The second-order valence-corrected chi connectivity index (χ2v) is 3.74. The van der Waals surface area contributed by atoms with E-state index < -0.39 is 11.9 Å². The first kappa shape index (κ1) is 13.0. The first-order valence-electron chi connectivity index (χ1n) is 5.39. The summed E-state index contributed by atoms with van der Waals surface area (Å²) in [6.07, 6.45) is 2.28. The second kappa shape index (κ2) is 5.33. The van der Waals surface area contributed by atoms with Gasteiger partial charge in [0.1, 0.15) is 6.04 Å². The number of carbonyl (C=O) groups is 2. The van der Waals surface area contributed by atoms with E-state index in [9.17, 15) is 9.59 Å². The Bertz CT molecular complexity index is 426. The molecule has 0 aliphatic heterocycles. The summed E-state index contributed by atoms with van der Waals surface area (Å²) in [5, 5.41) is 6.63. The number of aromatic nitrogens is 2. The minimum absolute atomic E-state index is 0.0138. The van der Waals surface area contributed by atoms with E-state index in [2.05, 4.69) is 10.4 Å². The quantitative estimate of drug-likeness (QED) is 0.651. The molecule has 1 aromatic heterocycles. The van der Waals surface area contributed by atoms with E-state index in [1.165, 1.54) is 10.9 Å². The molecule has 1 aromatic rings. The number of rotatable bonds is 5. The SMILES string of the molecule is CCCNC(=O)C(C)n1cc(N)c(C(N)=O)n1. The largest absolute Gasteiger partial charge is 0.396 e. The van der Waals surface area contributed by atoms with Gasteiger partial charge in [-0.1, -0.05) is 6.92 Å². The summed E-state index contributed by atoms with van der Waals surface area (Å²) in [4.78, 5) is 22.6. The van der Waals surface area contributed by atoms with Crippen LogP contribution in [0.15, 0.2) is 6.20 Å². The Hall–Kier alpha value is -2.05. The van der Waals surface area contributed by atoms with Crippen molar-refractivity contribution in [2.24, 2.45) is 5.73 Å². The maximum atomic E-state index is 11.7. The van der Waals surface area contributed by atoms with Gasteiger partial charge in [-0.25, -0.2) is 0 Å². The number of amides is 2. The number of hydrogen-bond donors (Lipinski definition) is 3. The van der Waals surface area contributed by atoms with E-state index in [0.717, 1.165) is 6.42 Å². The van der Waals surface area contributed by atoms with Gasteiger partial charge in [-0.3, -0.25) is 14.3 Å². The predicted molar refractivity (Wildman–Crippen MR) is 63.2 cm³/mol. The highest BCUT2D eigenvalue weighted by Gasteiger charge is 2.19. The van der Waals surface area contributed by atoms with Gasteiger partial charge in [-0.2, -0.15) is 5.10 Å². The molecule has 0 saturated carbocycles. The third kappa shape index (κ3) is 2.96. The van der Waals surface area contributed by atoms with Crippen LogP contribution in [0.25, 0.3) is 0 Å². The van der Waals surface area contributed by atoms with Crippen LogP contribution in [-0.2, 0) is 4.79 Å². The third-order valence-corrected chi connectivity index (χ3v) is 2.32. The molecule has 0 aliphatic rings. The van der Waals surface area contributed by atoms with Gasteiger partial charge in [0, 0.05) is 12.7 Å². The van der Waals surface area contributed by atoms with Crippen molar-refractivity contribution in [3.8, 4) is 0 Å². The van der Waals surface area contributed by atoms with Gasteiger partial charge in [0.15, 0.2) is 5.69 Å². The molecule has 2 amide bonds. The molecule has 1 heterocycles. The number of primary amides is 1. The van der Waals surface area contributed by atoms with Gasteiger partial charge < -0.3 is 16.8 Å². The van der Waals surface area contributed by atoms with Crippen molar-refractivity contribution < 1.29 is 9.59 Å². The van der Waals surface area contributed by atoms with Crippen LogP contribution in [0.4, 0.5) is 5.69 Å². The molecule has 0 spiro atoms. The maximum absolute atomic E-state index is 11.7. The summed E-state index contributed by atoms with van der Waals surface area (Å²) >= 11 is 0. The number of carbonyl (C=O) groups excluding carboxylic acids is 2. The molecule has 0 radical (unpaired) electrons. The summed E-state index contributed by atoms with van der Waals surface area (Å²) in [7, 11) is 0. The lowest BCUT2D eigenvalue weighted by Crippen LogP contribution is -2.31. The van der Waals surface area contributed by atoms with Crippen LogP contribution in [0.3, 0.4) is 0 Å². The first-order chi connectivity index (χ1) is 7.97. The van der Waals surface area contributed by atoms with Crippen molar-refractivity contribution in [3.05, 3.63) is 11.9 Å². The molecule has 7 heteroatoms. The smallest absolute Gasteiger partial charge is 0.271 e. The minimum atomic E-state index is -0.706. The number of nitrogens with zero attached hydrogens (tertiary/aromatic N) is 2. The fraction of sp³-hybridized carbons (Fsp3) is 0.500. The van der Waals surface area contributed by atoms with Crippen LogP contribution >= 0.6 is 0 Å². The molecule has 5 N–H and O–H groups in total. The molecule has 1 rings (SSSR count). The summed E-state index contributed by atoms with van der Waals surface area (Å²) in [5.41, 5.74) is 10.8. The van der Waals surface area contributed by atoms with Crippen molar-refractivity contribution >= 4 is 17.5 Å². The van der Waals surface area contributed by atoms with Crippen LogP contribution < -0.4 is 16.8 Å². The second-order valence-electron chi connectivity index (χ2n) is 3.74. The highest BCUT2D eigenvalue weighted by Crippen LogP contribution is 2.13. The molecular formula is C10H17N5O2. The molecule has 0 fully saturated rings. The Balaban J connectivity index is 2.82. The molecule has 0 bridgehead atoms. The maximum Gasteiger partial charge on any atom is 0.271 e. The average molecular weight is 239 g/mol. The van der Waals surface area contributed by atoms with Gasteiger partial charge in [-0.05, 0) is 13.3 Å². The fourth-order valence-electron chi connectivity index (χ4n) is 1.31. The fourth-order valence-corrected chi connectivity index (χ4v) is 1.31. The van der Waals surface area contributed by atoms with E-state index in [1.807, 2.05) is 6.92 Å². The summed E-state index contributed by atoms with van der Waals surface area (Å²) in [6.45, 7) is 4.23. The Morgan fingerprint density at radius 2 is 2.24 bits per heavy atom. The van der Waals surface area contributed by atoms with Gasteiger partial charge in [0.25, 0.3) is 5.91 Å². The number of anilines is 1. The van der Waals surface area contributed by atoms with Crippen LogP contribution in [0, 0.1) is 0 Å². The predicted octanol–water partition coefficient (Wildman–Crippen LogP) is -0.349. The number of nitrogens with two attached hydrogens (primary N) is 2. The Labute approximate surface area is 99.1 Å². The zero-order valence-corrected chi connectivity index (χ0v) is 9.93. The molecular weight excluding hydrogens is 222 g/mol. The van der Waals surface area contributed by atoms with Crippen LogP contribution in [-0.4, -0.2) is 28.1 Å². The summed E-state index contributed by atoms with van der Waals surface area (Å²) in [6, 6.07) is -0.531. The summed E-state index contributed by atoms with van der Waals surface area (Å²) < 4.78 is 1.33. The zero-order chi connectivity index (χ0) is 13.0. The van der Waals surface area contributed by atoms with E-state index in [0.29, 0.717) is 6.54 Å². The van der Waals surface area contributed by atoms with Crippen LogP contribution in [0.5, 0.6) is 0 Å². The number of nitrogen functional groups attached to an aromatic ring is 1. The Morgan fingerprint density at radius 1 is 1.59 bits per heavy atom. The highest BCUT2D eigenvalue weighted by molar-refractivity contribution is 5.95. The lowest BCUT2D eigenvalue weighted by atomic mass is 10.3. The molecule has 17 heavy (non-hydrogen) atoms. The lowest BCUT2D eigenvalue weighted by Gasteiger charge is -2.11. The van der Waals surface area contributed by atoms with Gasteiger partial charge in [-0.15, -0.1) is 0 Å². The van der Waals surface area contributed by atoms with E-state index in [1.54, 1.807) is 6.92 Å². The minimum Gasteiger partial charge on any atom is -0.396 e. The number of hydrogen-bond acceptors (Lipinski definition) is 4. The van der Waals surface area contributed by atoms with Crippen LogP contribution in [0.2, 0.25) is 0 Å². The molecule has 1 atom stereocenters. The molecule has 0 aromatic carbocycles. The van der Waals surface area contributed by atoms with Crippen molar-refractivity contribution in [3.63, 3.8) is 0 Å². The van der Waals surface area contributed by atoms with Crippen molar-refractivity contribution in [2.45, 2.75) is 26.3 Å². The van der Waals surface area contributed by atoms with Crippen LogP contribution in [0.1, 0.15) is 36.8 Å². The van der Waals surface area contributed by atoms with Gasteiger partial charge >= 0.3 is 0 Å². The molecule has 7 nitrogen and oxygen atoms in total. The summed E-state index contributed by atoms with van der Waals surface area (Å²) in [5.74, 6) is -0.882. The Morgan fingerprint density at radius 3 is 2.71 bits per heavy atom. The van der Waals surface area contributed by atoms with E-state index in [-0.39, 0.29) is 17.3 Å². The number of nitrogens with one attached hydrogen (secondary N) is 1. The van der Waals surface area contributed by atoms with Crippen molar-refractivity contribution in [1.82, 2.24) is 15.1 Å². The van der Waals surface area contributed by atoms with Gasteiger partial charge in [0.05, 0.1) is 5.69 Å². The molecule has 0 saturated heterocycles. The Kier molecular flexibility index (Phi) is 4.08. The first-order valence-corrected chi connectivity index (χ1v) is 5.39. The van der Waals surface area contributed by atoms with E-state index in [4.69, 9.17) is 11.5 Å². The topological polar surface area (TPSA) is 116 Å². The zero-order valence-electron chi connectivity index (χ0n) is 9.93. The lowest BCUT2D eigenvalue weighted by molar-refractivity contribution is -0.124. The van der Waals surface area contributed by atoms with Crippen molar-refractivity contribution in [1.29, 1.82) is 0 Å². The standard InChI is InChI=1S/C10H17N5O2/c1-3-4-13-10(17)6(2)15-5-7(11)8(14-15)9(12)16/h5-6H,3-4,11H2,1-2H3,(H2,12,16)(H,13,17). The molecule has 1 unspecified atom stereocenters. The third-order valence-electron chi connectivity index (χ3n) is 2.32. The highest BCUT2D eigenvalue weighted by atomic mass is 16.2. The monoisotopic (exact) mass is 239 g/mol. The average Bonchev–Trinajstić information content (AvgIpc) is 2.67.